The van der Waals surface area contributed by atoms with E-state index in [4.69, 9.17) is 0 Å². The Balaban J connectivity index is 3.19. The van der Waals surface area contributed by atoms with Crippen LogP contribution in [-0.2, 0) is 5.60 Å². The molecule has 0 atom stereocenters. The van der Waals surface area contributed by atoms with Crippen molar-refractivity contribution in [3.05, 3.63) is 34.9 Å². The van der Waals surface area contributed by atoms with Gasteiger partial charge in [-0.25, -0.2) is 0 Å². The molecule has 0 unspecified atom stereocenters. The van der Waals surface area contributed by atoms with Crippen LogP contribution in [0.5, 0.6) is 0 Å². The minimum atomic E-state index is -0.682. The maximum absolute atomic E-state index is 11.1. The van der Waals surface area contributed by atoms with Crippen molar-refractivity contribution in [2.75, 3.05) is 0 Å². The van der Waals surface area contributed by atoms with E-state index in [-0.39, 0.29) is 0 Å². The Bertz CT molecular complexity index is 381. The highest BCUT2D eigenvalue weighted by atomic mass is 16.3. The van der Waals surface area contributed by atoms with Gasteiger partial charge >= 0.3 is 0 Å². The lowest BCUT2D eigenvalue weighted by Gasteiger charge is -2.33. The highest BCUT2D eigenvalue weighted by Gasteiger charge is 2.32. The van der Waals surface area contributed by atoms with Crippen LogP contribution >= 0.6 is 0 Å². The van der Waals surface area contributed by atoms with Gasteiger partial charge in [-0.3, -0.25) is 0 Å². The molecular formula is C17H28O. The Hall–Kier alpha value is -0.820. The second kappa shape index (κ2) is 5.88. The molecule has 1 nitrogen and oxygen atoms in total. The Morgan fingerprint density at radius 1 is 1.00 bits per heavy atom. The molecule has 0 heterocycles. The lowest BCUT2D eigenvalue weighted by atomic mass is 9.78. The number of hydrogen-bond donors (Lipinski definition) is 1. The van der Waals surface area contributed by atoms with Crippen molar-refractivity contribution in [2.24, 2.45) is 11.8 Å². The summed E-state index contributed by atoms with van der Waals surface area (Å²) in [4.78, 5) is 0. The summed E-state index contributed by atoms with van der Waals surface area (Å²) in [6.07, 6.45) is 1.66. The zero-order chi connectivity index (χ0) is 13.9. The van der Waals surface area contributed by atoms with Crippen LogP contribution in [-0.4, -0.2) is 5.11 Å². The third kappa shape index (κ3) is 3.84. The van der Waals surface area contributed by atoms with Crippen LogP contribution in [0.4, 0.5) is 0 Å². The van der Waals surface area contributed by atoms with Gasteiger partial charge in [-0.05, 0) is 49.7 Å². The van der Waals surface area contributed by atoms with Gasteiger partial charge in [0, 0.05) is 0 Å². The summed E-state index contributed by atoms with van der Waals surface area (Å²) in [5.74, 6) is 0.988. The summed E-state index contributed by atoms with van der Waals surface area (Å²) in [6.45, 7) is 12.9. The number of benzene rings is 1. The molecule has 1 N–H and O–H groups in total. The van der Waals surface area contributed by atoms with Crippen molar-refractivity contribution in [1.29, 1.82) is 0 Å². The van der Waals surface area contributed by atoms with Crippen molar-refractivity contribution < 1.29 is 5.11 Å². The van der Waals surface area contributed by atoms with Crippen LogP contribution in [0.3, 0.4) is 0 Å². The van der Waals surface area contributed by atoms with Crippen molar-refractivity contribution in [3.8, 4) is 0 Å². The third-order valence-electron chi connectivity index (χ3n) is 3.39. The Labute approximate surface area is 112 Å². The molecule has 0 saturated heterocycles. The summed E-state index contributed by atoms with van der Waals surface area (Å²) >= 11 is 0. The normalized spacial score (nSPS) is 12.5. The molecule has 1 rings (SSSR count). The fraction of sp³-hybridized carbons (Fsp3) is 0.647. The van der Waals surface area contributed by atoms with Crippen LogP contribution in [0.1, 0.15) is 57.2 Å². The van der Waals surface area contributed by atoms with Crippen LogP contribution in [0.15, 0.2) is 18.2 Å². The Kier molecular flexibility index (Phi) is 4.98. The lowest BCUT2D eigenvalue weighted by Crippen LogP contribution is -2.30. The van der Waals surface area contributed by atoms with Gasteiger partial charge in [0.25, 0.3) is 0 Å². The average Bonchev–Trinajstić information content (AvgIpc) is 2.19. The first kappa shape index (κ1) is 15.2. The molecule has 0 bridgehead atoms. The topological polar surface area (TPSA) is 20.2 Å². The predicted octanol–water partition coefficient (Wildman–Crippen LogP) is 4.58. The summed E-state index contributed by atoms with van der Waals surface area (Å²) in [5, 5.41) is 11.1. The van der Waals surface area contributed by atoms with Crippen LogP contribution in [0, 0.1) is 25.7 Å². The van der Waals surface area contributed by atoms with E-state index >= 15 is 0 Å². The van der Waals surface area contributed by atoms with Crippen LogP contribution in [0.25, 0.3) is 0 Å². The minimum Gasteiger partial charge on any atom is -0.385 e. The summed E-state index contributed by atoms with van der Waals surface area (Å²) in [7, 11) is 0. The second-order valence-corrected chi connectivity index (χ2v) is 6.55. The number of aliphatic hydroxyl groups is 1. The van der Waals surface area contributed by atoms with E-state index in [0.29, 0.717) is 11.8 Å². The highest BCUT2D eigenvalue weighted by molar-refractivity contribution is 5.35. The molecule has 1 aromatic carbocycles. The highest BCUT2D eigenvalue weighted by Crippen LogP contribution is 2.36. The fourth-order valence-corrected chi connectivity index (χ4v) is 2.89. The van der Waals surface area contributed by atoms with Gasteiger partial charge in [0.1, 0.15) is 0 Å². The third-order valence-corrected chi connectivity index (χ3v) is 3.39. The first-order valence-corrected chi connectivity index (χ1v) is 7.04. The fourth-order valence-electron chi connectivity index (χ4n) is 2.89. The molecule has 102 valence electrons. The maximum atomic E-state index is 11.1. The molecule has 1 heteroatoms. The van der Waals surface area contributed by atoms with Gasteiger partial charge in [-0.1, -0.05) is 51.5 Å². The number of rotatable bonds is 5. The first-order chi connectivity index (χ1) is 8.24. The molecule has 0 fully saturated rings. The van der Waals surface area contributed by atoms with E-state index in [9.17, 15) is 5.11 Å². The quantitative estimate of drug-likeness (QED) is 0.808. The summed E-state index contributed by atoms with van der Waals surface area (Å²) < 4.78 is 0. The largest absolute Gasteiger partial charge is 0.385 e. The molecule has 0 spiro atoms. The average molecular weight is 248 g/mol. The molecule has 0 aliphatic carbocycles. The number of hydrogen-bond acceptors (Lipinski definition) is 1. The number of aryl methyl sites for hydroxylation is 2. The molecule has 0 aliphatic rings. The monoisotopic (exact) mass is 248 g/mol. The van der Waals surface area contributed by atoms with Crippen molar-refractivity contribution >= 4 is 0 Å². The van der Waals surface area contributed by atoms with E-state index in [2.05, 4.69) is 59.7 Å². The van der Waals surface area contributed by atoms with Gasteiger partial charge in [-0.15, -0.1) is 0 Å². The zero-order valence-corrected chi connectivity index (χ0v) is 12.7. The molecule has 0 aliphatic heterocycles. The second-order valence-electron chi connectivity index (χ2n) is 6.55. The van der Waals surface area contributed by atoms with Crippen molar-refractivity contribution in [2.45, 2.75) is 60.0 Å². The molecule has 1 aromatic rings. The zero-order valence-electron chi connectivity index (χ0n) is 12.7. The van der Waals surface area contributed by atoms with Gasteiger partial charge in [0.15, 0.2) is 0 Å². The van der Waals surface area contributed by atoms with Crippen LogP contribution < -0.4 is 0 Å². The molecule has 0 aromatic heterocycles. The Morgan fingerprint density at radius 2 is 1.50 bits per heavy atom. The van der Waals surface area contributed by atoms with E-state index in [1.807, 2.05) is 0 Å². The van der Waals surface area contributed by atoms with E-state index in [0.717, 1.165) is 18.4 Å². The van der Waals surface area contributed by atoms with E-state index < -0.39 is 5.60 Å². The molecular weight excluding hydrogens is 220 g/mol. The predicted molar refractivity (Wildman–Crippen MR) is 78.7 cm³/mol. The van der Waals surface area contributed by atoms with Crippen molar-refractivity contribution in [1.82, 2.24) is 0 Å². The maximum Gasteiger partial charge on any atom is 0.0904 e. The minimum absolute atomic E-state index is 0.494. The van der Waals surface area contributed by atoms with Crippen molar-refractivity contribution in [3.63, 3.8) is 0 Å². The summed E-state index contributed by atoms with van der Waals surface area (Å²) in [6, 6.07) is 6.39. The van der Waals surface area contributed by atoms with Crippen LogP contribution in [0.2, 0.25) is 0 Å². The lowest BCUT2D eigenvalue weighted by molar-refractivity contribution is -0.00508. The molecule has 0 radical (unpaired) electrons. The Morgan fingerprint density at radius 3 is 1.94 bits per heavy atom. The SMILES string of the molecule is Cc1ccc(C)c(C(O)(CC(C)C)CC(C)C)c1. The van der Waals surface area contributed by atoms with Gasteiger partial charge < -0.3 is 5.11 Å². The first-order valence-electron chi connectivity index (χ1n) is 7.04. The van der Waals surface area contributed by atoms with E-state index in [1.165, 1.54) is 11.1 Å². The molecule has 0 amide bonds. The molecule has 18 heavy (non-hydrogen) atoms. The summed E-state index contributed by atoms with van der Waals surface area (Å²) in [5.41, 5.74) is 2.86. The molecule has 0 saturated carbocycles. The van der Waals surface area contributed by atoms with E-state index in [1.54, 1.807) is 0 Å². The van der Waals surface area contributed by atoms with Gasteiger partial charge in [-0.2, -0.15) is 0 Å². The standard InChI is InChI=1S/C17H28O/c1-12(2)10-17(18,11-13(3)4)16-9-14(5)7-8-15(16)6/h7-9,12-13,18H,10-11H2,1-6H3. The van der Waals surface area contributed by atoms with Gasteiger partial charge in [0.2, 0.25) is 0 Å². The van der Waals surface area contributed by atoms with Gasteiger partial charge in [0.05, 0.1) is 5.60 Å². The smallest absolute Gasteiger partial charge is 0.0904 e.